The lowest BCUT2D eigenvalue weighted by atomic mass is 10.2. The molecular weight excluding hydrogens is 508 g/mol. The largest absolute Gasteiger partial charge is 0.540 e. The molecule has 36 heavy (non-hydrogen) atoms. The molecule has 0 atom stereocenters. The van der Waals surface area contributed by atoms with Crippen LogP contribution in [0.3, 0.4) is 0 Å². The molecule has 0 radical (unpaired) electrons. The lowest BCUT2D eigenvalue weighted by Crippen LogP contribution is -2.50. The van der Waals surface area contributed by atoms with Crippen molar-refractivity contribution < 1.29 is 9.16 Å². The standard InChI is InChI=1S/C28H33ClN2O3SSi/c1-17(2)36(18(3)4,19(5)6)34-24-13-12-22(16-25(24)33-7)31-15-14-23-26(28(31)32)35-27(30-23)20-8-10-21(29)11-9-20/h8-19H,1-7H3. The normalized spacial score (nSPS) is 12.2. The first-order chi connectivity index (χ1) is 17.1. The third-order valence-corrected chi connectivity index (χ3v) is 14.3. The van der Waals surface area contributed by atoms with Crippen LogP contribution in [0.25, 0.3) is 26.5 Å². The molecule has 5 nitrogen and oxygen atoms in total. The number of benzene rings is 2. The molecular formula is C28H33ClN2O3SSi. The van der Waals surface area contributed by atoms with Crippen molar-refractivity contribution in [1.29, 1.82) is 0 Å². The molecule has 4 aromatic rings. The fraction of sp³-hybridized carbons (Fsp3) is 0.357. The van der Waals surface area contributed by atoms with E-state index < -0.39 is 8.32 Å². The molecule has 190 valence electrons. The van der Waals surface area contributed by atoms with Crippen molar-refractivity contribution in [2.75, 3.05) is 7.11 Å². The minimum absolute atomic E-state index is 0.115. The summed E-state index contributed by atoms with van der Waals surface area (Å²) in [6.07, 6.45) is 1.76. The Hall–Kier alpha value is -2.61. The van der Waals surface area contributed by atoms with Gasteiger partial charge in [0.2, 0.25) is 0 Å². The van der Waals surface area contributed by atoms with Gasteiger partial charge in [0.25, 0.3) is 13.9 Å². The molecule has 0 unspecified atom stereocenters. The topological polar surface area (TPSA) is 53.4 Å². The van der Waals surface area contributed by atoms with Crippen molar-refractivity contribution >= 4 is 41.5 Å². The summed E-state index contributed by atoms with van der Waals surface area (Å²) in [5.41, 5.74) is 3.53. The summed E-state index contributed by atoms with van der Waals surface area (Å²) in [7, 11) is -0.515. The Kier molecular flexibility index (Phi) is 7.64. The van der Waals surface area contributed by atoms with Crippen LogP contribution < -0.4 is 14.7 Å². The number of ether oxygens (including phenoxy) is 1. The molecule has 0 saturated heterocycles. The monoisotopic (exact) mass is 540 g/mol. The van der Waals surface area contributed by atoms with Gasteiger partial charge in [-0.1, -0.05) is 65.3 Å². The van der Waals surface area contributed by atoms with E-state index in [1.165, 1.54) is 11.3 Å². The van der Waals surface area contributed by atoms with Crippen LogP contribution in [0.1, 0.15) is 41.5 Å². The first kappa shape index (κ1) is 26.4. The fourth-order valence-electron chi connectivity index (χ4n) is 5.27. The van der Waals surface area contributed by atoms with Crippen molar-refractivity contribution in [3.63, 3.8) is 0 Å². The van der Waals surface area contributed by atoms with Gasteiger partial charge in [0.15, 0.2) is 5.75 Å². The molecule has 0 aliphatic rings. The fourth-order valence-corrected chi connectivity index (χ4v) is 11.7. The van der Waals surface area contributed by atoms with Gasteiger partial charge in [-0.15, -0.1) is 11.3 Å². The van der Waals surface area contributed by atoms with Crippen LogP contribution in [-0.2, 0) is 0 Å². The highest BCUT2D eigenvalue weighted by atomic mass is 35.5. The van der Waals surface area contributed by atoms with Gasteiger partial charge in [-0.2, -0.15) is 0 Å². The van der Waals surface area contributed by atoms with Gasteiger partial charge >= 0.3 is 0 Å². The predicted octanol–water partition coefficient (Wildman–Crippen LogP) is 8.33. The van der Waals surface area contributed by atoms with Crippen molar-refractivity contribution in [3.8, 4) is 27.8 Å². The highest BCUT2D eigenvalue weighted by Gasteiger charge is 2.47. The molecule has 0 N–H and O–H groups in total. The maximum atomic E-state index is 13.5. The number of hydrogen-bond donors (Lipinski definition) is 0. The van der Waals surface area contributed by atoms with E-state index in [-0.39, 0.29) is 5.56 Å². The second-order valence-electron chi connectivity index (χ2n) is 9.99. The average Bonchev–Trinajstić information content (AvgIpc) is 3.28. The van der Waals surface area contributed by atoms with Crippen molar-refractivity contribution in [2.45, 2.75) is 58.2 Å². The van der Waals surface area contributed by atoms with Crippen LogP contribution in [-0.4, -0.2) is 25.0 Å². The van der Waals surface area contributed by atoms with Crippen LogP contribution in [0.5, 0.6) is 11.5 Å². The van der Waals surface area contributed by atoms with Crippen molar-refractivity contribution in [2.24, 2.45) is 0 Å². The van der Waals surface area contributed by atoms with Crippen molar-refractivity contribution in [1.82, 2.24) is 9.55 Å². The van der Waals surface area contributed by atoms with Crippen LogP contribution >= 0.6 is 22.9 Å². The Balaban J connectivity index is 1.75. The van der Waals surface area contributed by atoms with Gasteiger partial charge < -0.3 is 9.16 Å². The highest BCUT2D eigenvalue weighted by molar-refractivity contribution is 7.21. The van der Waals surface area contributed by atoms with Gasteiger partial charge in [-0.3, -0.25) is 9.36 Å². The Morgan fingerprint density at radius 3 is 2.14 bits per heavy atom. The first-order valence-electron chi connectivity index (χ1n) is 12.2. The molecule has 0 fully saturated rings. The minimum Gasteiger partial charge on any atom is -0.540 e. The molecule has 2 aromatic heterocycles. The predicted molar refractivity (Wildman–Crippen MR) is 154 cm³/mol. The van der Waals surface area contributed by atoms with E-state index in [0.29, 0.717) is 37.6 Å². The molecule has 0 saturated carbocycles. The first-order valence-corrected chi connectivity index (χ1v) is 15.6. The maximum Gasteiger partial charge on any atom is 0.274 e. The summed E-state index contributed by atoms with van der Waals surface area (Å²) >= 11 is 7.41. The van der Waals surface area contributed by atoms with Crippen LogP contribution in [0.4, 0.5) is 0 Å². The Morgan fingerprint density at radius 2 is 1.56 bits per heavy atom. The van der Waals surface area contributed by atoms with E-state index in [9.17, 15) is 4.79 Å². The summed E-state index contributed by atoms with van der Waals surface area (Å²) in [4.78, 5) is 18.1. The lowest BCUT2D eigenvalue weighted by molar-refractivity contribution is 0.382. The summed E-state index contributed by atoms with van der Waals surface area (Å²) in [6.45, 7) is 13.6. The Labute approximate surface area is 222 Å². The van der Waals surface area contributed by atoms with Crippen LogP contribution in [0.2, 0.25) is 21.6 Å². The number of halogens is 1. The number of aromatic nitrogens is 2. The molecule has 0 aliphatic heterocycles. The SMILES string of the molecule is COc1cc(-n2ccc3nc(-c4ccc(Cl)cc4)sc3c2=O)ccc1O[Si](C(C)C)(C(C)C)C(C)C. The molecule has 4 rings (SSSR count). The Morgan fingerprint density at radius 1 is 0.917 bits per heavy atom. The van der Waals surface area contributed by atoms with Crippen LogP contribution in [0.15, 0.2) is 59.5 Å². The quantitative estimate of drug-likeness (QED) is 0.211. The number of thiazole rings is 1. The number of fused-ring (bicyclic) bond motifs is 1. The summed E-state index contributed by atoms with van der Waals surface area (Å²) < 4.78 is 14.9. The number of hydrogen-bond acceptors (Lipinski definition) is 5. The number of rotatable bonds is 8. The van der Waals surface area contributed by atoms with Gasteiger partial charge in [0.1, 0.15) is 15.5 Å². The van der Waals surface area contributed by atoms with E-state index >= 15 is 0 Å². The number of pyridine rings is 1. The van der Waals surface area contributed by atoms with Gasteiger partial charge in [0.05, 0.1) is 18.3 Å². The molecule has 0 spiro atoms. The van der Waals surface area contributed by atoms with Gasteiger partial charge in [-0.05, 0) is 47.0 Å². The van der Waals surface area contributed by atoms with Crippen LogP contribution in [0, 0.1) is 0 Å². The van der Waals surface area contributed by atoms with E-state index in [2.05, 4.69) is 46.5 Å². The van der Waals surface area contributed by atoms with E-state index in [0.717, 1.165) is 22.0 Å². The number of methoxy groups -OCH3 is 1. The zero-order valence-electron chi connectivity index (χ0n) is 21.8. The van der Waals surface area contributed by atoms with Crippen molar-refractivity contribution in [3.05, 3.63) is 70.1 Å². The average molecular weight is 541 g/mol. The van der Waals surface area contributed by atoms with Gasteiger partial charge in [-0.25, -0.2) is 4.98 Å². The second-order valence-corrected chi connectivity index (χ2v) is 16.8. The highest BCUT2D eigenvalue weighted by Crippen LogP contribution is 2.45. The molecule has 0 bridgehead atoms. The molecule has 2 aromatic carbocycles. The van der Waals surface area contributed by atoms with E-state index in [1.807, 2.05) is 48.5 Å². The van der Waals surface area contributed by atoms with E-state index in [1.54, 1.807) is 17.9 Å². The zero-order valence-corrected chi connectivity index (χ0v) is 24.4. The smallest absolute Gasteiger partial charge is 0.274 e. The van der Waals surface area contributed by atoms with Gasteiger partial charge in [0, 0.05) is 22.8 Å². The second kappa shape index (κ2) is 10.4. The molecule has 0 amide bonds. The third-order valence-electron chi connectivity index (χ3n) is 6.96. The third kappa shape index (κ3) is 4.72. The molecule has 8 heteroatoms. The summed E-state index contributed by atoms with van der Waals surface area (Å²) in [6, 6.07) is 15.1. The molecule has 2 heterocycles. The summed E-state index contributed by atoms with van der Waals surface area (Å²) in [5, 5.41) is 1.45. The Bertz CT molecular complexity index is 1410. The molecule has 0 aliphatic carbocycles. The lowest BCUT2D eigenvalue weighted by Gasteiger charge is -2.42. The van der Waals surface area contributed by atoms with E-state index in [4.69, 9.17) is 20.8 Å². The number of nitrogens with zero attached hydrogens (tertiary/aromatic N) is 2. The summed E-state index contributed by atoms with van der Waals surface area (Å²) in [5.74, 6) is 1.37. The minimum atomic E-state index is -2.16. The maximum absolute atomic E-state index is 13.5. The zero-order chi connectivity index (χ0) is 26.2.